The third kappa shape index (κ3) is 3.48. The summed E-state index contributed by atoms with van der Waals surface area (Å²) in [5, 5.41) is 8.30. The molecule has 0 aliphatic heterocycles. The third-order valence-corrected chi connectivity index (χ3v) is 4.26. The molecule has 0 saturated heterocycles. The van der Waals surface area contributed by atoms with Crippen molar-refractivity contribution in [3.63, 3.8) is 0 Å². The average molecular weight is 350 g/mol. The number of carbonyl (C=O) groups excluding carboxylic acids is 1. The van der Waals surface area contributed by atoms with Crippen molar-refractivity contribution in [2.24, 2.45) is 0 Å². The lowest BCUT2D eigenvalue weighted by molar-refractivity contribution is 0.0946. The molecule has 7 nitrogen and oxygen atoms in total. The highest BCUT2D eigenvalue weighted by Gasteiger charge is 2.12. The van der Waals surface area contributed by atoms with Crippen molar-refractivity contribution in [3.8, 4) is 0 Å². The fraction of sp³-hybridized carbons (Fsp3) is 0.0588. The van der Waals surface area contributed by atoms with Crippen molar-refractivity contribution in [1.29, 1.82) is 0 Å². The van der Waals surface area contributed by atoms with Crippen molar-refractivity contribution in [2.75, 3.05) is 5.32 Å². The van der Waals surface area contributed by atoms with Crippen LogP contribution in [0.5, 0.6) is 0 Å². The Kier molecular flexibility index (Phi) is 4.09. The first-order chi connectivity index (χ1) is 12.3. The van der Waals surface area contributed by atoms with Crippen LogP contribution in [0.15, 0.2) is 54.2 Å². The highest BCUT2D eigenvalue weighted by Crippen LogP contribution is 2.20. The lowest BCUT2D eigenvalue weighted by Crippen LogP contribution is -2.23. The molecular formula is C17H14N6OS. The minimum atomic E-state index is -0.240. The van der Waals surface area contributed by atoms with E-state index in [0.29, 0.717) is 23.2 Å². The fourth-order valence-electron chi connectivity index (χ4n) is 2.34. The molecule has 0 saturated carbocycles. The molecule has 0 aliphatic rings. The van der Waals surface area contributed by atoms with Gasteiger partial charge in [0.15, 0.2) is 5.13 Å². The van der Waals surface area contributed by atoms with Gasteiger partial charge in [0.1, 0.15) is 11.5 Å². The molecule has 3 aromatic heterocycles. The van der Waals surface area contributed by atoms with Gasteiger partial charge in [-0.1, -0.05) is 12.1 Å². The number of nitrogens with zero attached hydrogens (tertiary/aromatic N) is 3. The number of imidazole rings is 1. The van der Waals surface area contributed by atoms with Crippen LogP contribution in [0.3, 0.4) is 0 Å². The molecule has 0 atom stereocenters. The van der Waals surface area contributed by atoms with Crippen LogP contribution in [0.2, 0.25) is 0 Å². The monoisotopic (exact) mass is 350 g/mol. The minimum Gasteiger partial charge on any atom is -0.343 e. The number of fused-ring (bicyclic) bond motifs is 1. The first-order valence-corrected chi connectivity index (χ1v) is 8.50. The van der Waals surface area contributed by atoms with E-state index in [-0.39, 0.29) is 5.91 Å². The van der Waals surface area contributed by atoms with Gasteiger partial charge in [0.25, 0.3) is 5.91 Å². The molecule has 1 amide bonds. The van der Waals surface area contributed by atoms with Crippen molar-refractivity contribution in [3.05, 3.63) is 65.7 Å². The largest absolute Gasteiger partial charge is 0.343 e. The SMILES string of the molecule is O=C(NCc1nc2ccccc2[nH]1)c1csc(Nc2cccnc2)n1. The Bertz CT molecular complexity index is 977. The van der Waals surface area contributed by atoms with Crippen LogP contribution in [0, 0.1) is 0 Å². The number of amides is 1. The second kappa shape index (κ2) is 6.70. The first kappa shape index (κ1) is 15.3. The number of H-pyrrole nitrogens is 1. The first-order valence-electron chi connectivity index (χ1n) is 7.62. The number of nitrogens with one attached hydrogen (secondary N) is 3. The number of thiazole rings is 1. The molecule has 0 fully saturated rings. The molecule has 1 aromatic carbocycles. The van der Waals surface area contributed by atoms with Crippen LogP contribution in [-0.2, 0) is 6.54 Å². The average Bonchev–Trinajstić information content (AvgIpc) is 3.27. The summed E-state index contributed by atoms with van der Waals surface area (Å²) < 4.78 is 0. The van der Waals surface area contributed by atoms with Gasteiger partial charge in [-0.15, -0.1) is 11.3 Å². The van der Waals surface area contributed by atoms with Gasteiger partial charge < -0.3 is 15.6 Å². The summed E-state index contributed by atoms with van der Waals surface area (Å²) in [6.07, 6.45) is 3.40. The van der Waals surface area contributed by atoms with Crippen LogP contribution in [0.4, 0.5) is 10.8 Å². The summed E-state index contributed by atoms with van der Waals surface area (Å²) >= 11 is 1.36. The zero-order valence-electron chi connectivity index (χ0n) is 13.1. The number of para-hydroxylation sites is 2. The summed E-state index contributed by atoms with van der Waals surface area (Å²) in [4.78, 5) is 28.2. The molecule has 0 spiro atoms. The highest BCUT2D eigenvalue weighted by molar-refractivity contribution is 7.14. The van der Waals surface area contributed by atoms with E-state index in [1.165, 1.54) is 11.3 Å². The van der Waals surface area contributed by atoms with E-state index in [9.17, 15) is 4.79 Å². The summed E-state index contributed by atoms with van der Waals surface area (Å²) in [7, 11) is 0. The molecule has 4 rings (SSSR count). The predicted octanol–water partition coefficient (Wildman–Crippen LogP) is 3.09. The van der Waals surface area contributed by atoms with Crippen molar-refractivity contribution in [1.82, 2.24) is 25.3 Å². The summed E-state index contributed by atoms with van der Waals surface area (Å²) in [6.45, 7) is 0.316. The maximum atomic E-state index is 12.3. The molecule has 4 aromatic rings. The van der Waals surface area contributed by atoms with Gasteiger partial charge in [-0.05, 0) is 24.3 Å². The van der Waals surface area contributed by atoms with Crippen LogP contribution in [0.25, 0.3) is 11.0 Å². The lowest BCUT2D eigenvalue weighted by Gasteiger charge is -2.01. The highest BCUT2D eigenvalue weighted by atomic mass is 32.1. The zero-order chi connectivity index (χ0) is 17.1. The van der Waals surface area contributed by atoms with E-state index in [1.54, 1.807) is 17.8 Å². The van der Waals surface area contributed by atoms with Gasteiger partial charge in [0, 0.05) is 11.6 Å². The standard InChI is InChI=1S/C17H14N6OS/c24-16(19-9-15-21-12-5-1-2-6-13(12)22-15)14-10-25-17(23-14)20-11-4-3-7-18-8-11/h1-8,10H,9H2,(H,19,24)(H,20,23)(H,21,22). The van der Waals surface area contributed by atoms with Crippen LogP contribution >= 0.6 is 11.3 Å². The summed E-state index contributed by atoms with van der Waals surface area (Å²) in [6, 6.07) is 11.5. The van der Waals surface area contributed by atoms with Crippen molar-refractivity contribution >= 4 is 39.1 Å². The molecule has 8 heteroatoms. The number of rotatable bonds is 5. The molecule has 0 aliphatic carbocycles. The Balaban J connectivity index is 1.39. The lowest BCUT2D eigenvalue weighted by atomic mass is 10.3. The Morgan fingerprint density at radius 2 is 2.08 bits per heavy atom. The van der Waals surface area contributed by atoms with Crippen LogP contribution < -0.4 is 10.6 Å². The Hall–Kier alpha value is -3.26. The maximum absolute atomic E-state index is 12.3. The number of aromatic nitrogens is 4. The van der Waals surface area contributed by atoms with E-state index >= 15 is 0 Å². The van der Waals surface area contributed by atoms with Gasteiger partial charge in [0.2, 0.25) is 0 Å². The van der Waals surface area contributed by atoms with Gasteiger partial charge in [0.05, 0.1) is 29.5 Å². The number of pyridine rings is 1. The molecule has 3 N–H and O–H groups in total. The van der Waals surface area contributed by atoms with Gasteiger partial charge in [-0.3, -0.25) is 9.78 Å². The van der Waals surface area contributed by atoms with E-state index in [2.05, 4.69) is 30.6 Å². The number of benzene rings is 1. The Labute approximate surface area is 147 Å². The number of aromatic amines is 1. The third-order valence-electron chi connectivity index (χ3n) is 3.50. The molecular weight excluding hydrogens is 336 g/mol. The molecule has 3 heterocycles. The van der Waals surface area contributed by atoms with Gasteiger partial charge >= 0.3 is 0 Å². The Morgan fingerprint density at radius 3 is 2.92 bits per heavy atom. The second-order valence-corrected chi connectivity index (χ2v) is 6.15. The molecule has 25 heavy (non-hydrogen) atoms. The number of carbonyl (C=O) groups is 1. The Morgan fingerprint density at radius 1 is 1.16 bits per heavy atom. The zero-order valence-corrected chi connectivity index (χ0v) is 13.9. The molecule has 124 valence electrons. The topological polar surface area (TPSA) is 95.6 Å². The van der Waals surface area contributed by atoms with Crippen molar-refractivity contribution < 1.29 is 4.79 Å². The predicted molar refractivity (Wildman–Crippen MR) is 96.9 cm³/mol. The summed E-state index contributed by atoms with van der Waals surface area (Å²) in [5.74, 6) is 0.467. The number of anilines is 2. The van der Waals surface area contributed by atoms with E-state index in [4.69, 9.17) is 0 Å². The molecule has 0 radical (unpaired) electrons. The second-order valence-electron chi connectivity index (χ2n) is 5.29. The maximum Gasteiger partial charge on any atom is 0.271 e. The van der Waals surface area contributed by atoms with Crippen LogP contribution in [-0.4, -0.2) is 25.8 Å². The van der Waals surface area contributed by atoms with Gasteiger partial charge in [-0.2, -0.15) is 0 Å². The quantitative estimate of drug-likeness (QED) is 0.514. The van der Waals surface area contributed by atoms with Crippen LogP contribution in [0.1, 0.15) is 16.3 Å². The minimum absolute atomic E-state index is 0.240. The normalized spacial score (nSPS) is 10.7. The number of hydrogen-bond acceptors (Lipinski definition) is 6. The van der Waals surface area contributed by atoms with E-state index < -0.39 is 0 Å². The molecule has 0 bridgehead atoms. The van der Waals surface area contributed by atoms with Crippen molar-refractivity contribution in [2.45, 2.75) is 6.54 Å². The van der Waals surface area contributed by atoms with E-state index in [1.807, 2.05) is 36.4 Å². The summed E-state index contributed by atoms with van der Waals surface area (Å²) in [5.41, 5.74) is 3.02. The van der Waals surface area contributed by atoms with E-state index in [0.717, 1.165) is 16.7 Å². The number of hydrogen-bond donors (Lipinski definition) is 3. The fourth-order valence-corrected chi connectivity index (χ4v) is 3.05. The van der Waals surface area contributed by atoms with Gasteiger partial charge in [-0.25, -0.2) is 9.97 Å². The molecule has 0 unspecified atom stereocenters. The smallest absolute Gasteiger partial charge is 0.271 e.